The van der Waals surface area contributed by atoms with Crippen LogP contribution < -0.4 is 0 Å². The summed E-state index contributed by atoms with van der Waals surface area (Å²) in [6.07, 6.45) is 3.24. The number of carbonyl (C=O) groups is 1. The second-order valence-electron chi connectivity index (χ2n) is 5.96. The largest absolute Gasteiger partial charge is 0.347 e. The standard InChI is InChI=1S/C16H19N3O3/c1-18-11-17-13-10-12(2-3-14(13)18)15(20)19-6-4-16(5-7-19)21-8-9-22-16/h2-3,10-11H,4-9H2,1H3. The number of fused-ring (bicyclic) bond motifs is 1. The van der Waals surface area contributed by atoms with E-state index < -0.39 is 5.79 Å². The van der Waals surface area contributed by atoms with Crippen molar-refractivity contribution in [1.82, 2.24) is 14.5 Å². The molecule has 2 aliphatic rings. The van der Waals surface area contributed by atoms with Gasteiger partial charge in [0.05, 0.1) is 30.6 Å². The number of aromatic nitrogens is 2. The highest BCUT2D eigenvalue weighted by atomic mass is 16.7. The van der Waals surface area contributed by atoms with Crippen LogP contribution in [0.3, 0.4) is 0 Å². The molecule has 22 heavy (non-hydrogen) atoms. The smallest absolute Gasteiger partial charge is 0.253 e. The van der Waals surface area contributed by atoms with E-state index in [-0.39, 0.29) is 5.91 Å². The molecular weight excluding hydrogens is 282 g/mol. The van der Waals surface area contributed by atoms with Gasteiger partial charge in [0.25, 0.3) is 5.91 Å². The molecule has 0 aliphatic carbocycles. The van der Waals surface area contributed by atoms with E-state index in [1.54, 1.807) is 6.33 Å². The van der Waals surface area contributed by atoms with Gasteiger partial charge in [-0.15, -0.1) is 0 Å². The second kappa shape index (κ2) is 5.07. The van der Waals surface area contributed by atoms with E-state index in [1.165, 1.54) is 0 Å². The van der Waals surface area contributed by atoms with Crippen molar-refractivity contribution in [3.63, 3.8) is 0 Å². The number of ether oxygens (including phenoxy) is 2. The molecule has 116 valence electrons. The topological polar surface area (TPSA) is 56.6 Å². The summed E-state index contributed by atoms with van der Waals surface area (Å²) in [5.74, 6) is -0.387. The van der Waals surface area contributed by atoms with Crippen LogP contribution >= 0.6 is 0 Å². The van der Waals surface area contributed by atoms with Gasteiger partial charge in [0, 0.05) is 38.5 Å². The number of rotatable bonds is 1. The van der Waals surface area contributed by atoms with Gasteiger partial charge >= 0.3 is 0 Å². The number of nitrogens with zero attached hydrogens (tertiary/aromatic N) is 3. The Morgan fingerprint density at radius 1 is 1.23 bits per heavy atom. The molecule has 0 atom stereocenters. The molecule has 1 spiro atoms. The van der Waals surface area contributed by atoms with Crippen LogP contribution in [0.4, 0.5) is 0 Å². The summed E-state index contributed by atoms with van der Waals surface area (Å²) in [4.78, 5) is 18.9. The number of carbonyl (C=O) groups excluding carboxylic acids is 1. The van der Waals surface area contributed by atoms with Gasteiger partial charge in [-0.3, -0.25) is 4.79 Å². The number of likely N-dealkylation sites (tertiary alicyclic amines) is 1. The third kappa shape index (κ3) is 2.19. The van der Waals surface area contributed by atoms with Crippen LogP contribution in [0.5, 0.6) is 0 Å². The van der Waals surface area contributed by atoms with Crippen LogP contribution in [0.1, 0.15) is 23.2 Å². The van der Waals surface area contributed by atoms with Gasteiger partial charge in [0.2, 0.25) is 0 Å². The fraction of sp³-hybridized carbons (Fsp3) is 0.500. The highest BCUT2D eigenvalue weighted by Crippen LogP contribution is 2.31. The van der Waals surface area contributed by atoms with Crippen LogP contribution in [0, 0.1) is 0 Å². The van der Waals surface area contributed by atoms with Gasteiger partial charge in [-0.05, 0) is 18.2 Å². The second-order valence-corrected chi connectivity index (χ2v) is 5.96. The number of hydrogen-bond donors (Lipinski definition) is 0. The monoisotopic (exact) mass is 301 g/mol. The first-order valence-electron chi connectivity index (χ1n) is 7.65. The Hall–Kier alpha value is -1.92. The molecule has 4 rings (SSSR count). The van der Waals surface area contributed by atoms with Crippen molar-refractivity contribution >= 4 is 16.9 Å². The Morgan fingerprint density at radius 2 is 1.95 bits per heavy atom. The molecule has 2 fully saturated rings. The average Bonchev–Trinajstić information content (AvgIpc) is 3.15. The molecule has 1 aromatic heterocycles. The number of benzene rings is 1. The molecule has 0 saturated carbocycles. The van der Waals surface area contributed by atoms with Crippen molar-refractivity contribution in [3.8, 4) is 0 Å². The molecule has 2 saturated heterocycles. The van der Waals surface area contributed by atoms with Crippen LogP contribution in [0.25, 0.3) is 11.0 Å². The fourth-order valence-electron chi connectivity index (χ4n) is 3.29. The van der Waals surface area contributed by atoms with E-state index in [1.807, 2.05) is 34.7 Å². The van der Waals surface area contributed by atoms with Crippen molar-refractivity contribution in [2.24, 2.45) is 7.05 Å². The molecule has 0 N–H and O–H groups in total. The Balaban J connectivity index is 1.51. The first-order valence-corrected chi connectivity index (χ1v) is 7.65. The summed E-state index contributed by atoms with van der Waals surface area (Å²) in [7, 11) is 1.95. The molecule has 2 aromatic rings. The first kappa shape index (κ1) is 13.7. The summed E-state index contributed by atoms with van der Waals surface area (Å²) in [6, 6.07) is 5.69. The number of hydrogen-bond acceptors (Lipinski definition) is 4. The lowest BCUT2D eigenvalue weighted by Gasteiger charge is -2.37. The summed E-state index contributed by atoms with van der Waals surface area (Å²) in [5, 5.41) is 0. The van der Waals surface area contributed by atoms with Crippen LogP contribution in [0.15, 0.2) is 24.5 Å². The number of imidazole rings is 1. The predicted molar refractivity (Wildman–Crippen MR) is 80.5 cm³/mol. The van der Waals surface area contributed by atoms with Crippen molar-refractivity contribution in [2.45, 2.75) is 18.6 Å². The van der Waals surface area contributed by atoms with Crippen LogP contribution in [-0.4, -0.2) is 52.4 Å². The van der Waals surface area contributed by atoms with Crippen LogP contribution in [0.2, 0.25) is 0 Å². The summed E-state index contributed by atoms with van der Waals surface area (Å²) in [6.45, 7) is 2.65. The molecule has 6 heteroatoms. The normalized spacial score (nSPS) is 20.9. The predicted octanol–water partition coefficient (Wildman–Crippen LogP) is 1.55. The maximum Gasteiger partial charge on any atom is 0.253 e. The molecule has 0 unspecified atom stereocenters. The number of piperidine rings is 1. The minimum atomic E-state index is -0.443. The summed E-state index contributed by atoms with van der Waals surface area (Å²) < 4.78 is 13.4. The Morgan fingerprint density at radius 3 is 2.68 bits per heavy atom. The van der Waals surface area contributed by atoms with E-state index >= 15 is 0 Å². The Bertz CT molecular complexity index is 708. The molecule has 1 amide bonds. The average molecular weight is 301 g/mol. The van der Waals surface area contributed by atoms with Gasteiger partial charge in [0.15, 0.2) is 5.79 Å². The minimum Gasteiger partial charge on any atom is -0.347 e. The zero-order valence-electron chi connectivity index (χ0n) is 12.6. The Kier molecular flexibility index (Phi) is 3.16. The zero-order valence-corrected chi connectivity index (χ0v) is 12.6. The molecule has 0 radical (unpaired) electrons. The van der Waals surface area contributed by atoms with Gasteiger partial charge in [0.1, 0.15) is 0 Å². The maximum atomic E-state index is 12.7. The lowest BCUT2D eigenvalue weighted by molar-refractivity contribution is -0.181. The number of aryl methyl sites for hydroxylation is 1. The van der Waals surface area contributed by atoms with Gasteiger partial charge in [-0.25, -0.2) is 4.98 Å². The lowest BCUT2D eigenvalue weighted by Crippen LogP contribution is -2.47. The van der Waals surface area contributed by atoms with E-state index in [4.69, 9.17) is 9.47 Å². The molecular formula is C16H19N3O3. The van der Waals surface area contributed by atoms with E-state index in [9.17, 15) is 4.79 Å². The van der Waals surface area contributed by atoms with Crippen molar-refractivity contribution < 1.29 is 14.3 Å². The molecule has 3 heterocycles. The molecule has 0 bridgehead atoms. The Labute approximate surface area is 128 Å². The highest BCUT2D eigenvalue weighted by Gasteiger charge is 2.40. The van der Waals surface area contributed by atoms with Crippen LogP contribution in [-0.2, 0) is 16.5 Å². The van der Waals surface area contributed by atoms with E-state index in [0.29, 0.717) is 31.9 Å². The molecule has 6 nitrogen and oxygen atoms in total. The van der Waals surface area contributed by atoms with Crippen molar-refractivity contribution in [3.05, 3.63) is 30.1 Å². The number of amides is 1. The van der Waals surface area contributed by atoms with Crippen molar-refractivity contribution in [1.29, 1.82) is 0 Å². The summed E-state index contributed by atoms with van der Waals surface area (Å²) >= 11 is 0. The highest BCUT2D eigenvalue weighted by molar-refractivity contribution is 5.97. The fourth-order valence-corrected chi connectivity index (χ4v) is 3.29. The van der Waals surface area contributed by atoms with E-state index in [0.717, 1.165) is 23.9 Å². The SMILES string of the molecule is Cn1cnc2cc(C(=O)N3CCC4(CC3)OCCO4)ccc21. The summed E-state index contributed by atoms with van der Waals surface area (Å²) in [5.41, 5.74) is 2.57. The zero-order chi connectivity index (χ0) is 15.2. The van der Waals surface area contributed by atoms with Gasteiger partial charge < -0.3 is 18.9 Å². The molecule has 2 aliphatic heterocycles. The lowest BCUT2D eigenvalue weighted by atomic mass is 10.0. The maximum absolute atomic E-state index is 12.7. The third-order valence-corrected chi connectivity index (χ3v) is 4.60. The minimum absolute atomic E-state index is 0.0559. The quantitative estimate of drug-likeness (QED) is 0.802. The van der Waals surface area contributed by atoms with E-state index in [2.05, 4.69) is 4.98 Å². The third-order valence-electron chi connectivity index (χ3n) is 4.60. The van der Waals surface area contributed by atoms with Gasteiger partial charge in [-0.2, -0.15) is 0 Å². The molecule has 1 aromatic carbocycles. The first-order chi connectivity index (χ1) is 10.7. The van der Waals surface area contributed by atoms with Crippen molar-refractivity contribution in [2.75, 3.05) is 26.3 Å². The van der Waals surface area contributed by atoms with Gasteiger partial charge in [-0.1, -0.05) is 0 Å².